The summed E-state index contributed by atoms with van der Waals surface area (Å²) in [5, 5.41) is 0. The first-order valence-electron chi connectivity index (χ1n) is 9.38. The number of halogens is 4. The summed E-state index contributed by atoms with van der Waals surface area (Å²) in [4.78, 5) is 16.2. The Balaban J connectivity index is 1.53. The largest absolute Gasteiger partial charge is 0.431 e. The molecule has 2 bridgehead atoms. The zero-order valence-corrected chi connectivity index (χ0v) is 15.6. The Morgan fingerprint density at radius 2 is 2.03 bits per heavy atom. The Labute approximate surface area is 168 Å². The number of hydrogen-bond donors (Lipinski definition) is 1. The molecule has 2 aromatic heterocycles. The molecule has 0 unspecified atom stereocenters. The zero-order chi connectivity index (χ0) is 21.0. The fraction of sp³-hybridized carbons (Fsp3) is 0.500. The third-order valence-corrected chi connectivity index (χ3v) is 5.42. The maximum atomic E-state index is 13.4. The molecule has 0 saturated carbocycles. The van der Waals surface area contributed by atoms with Gasteiger partial charge in [0.25, 0.3) is 5.92 Å². The van der Waals surface area contributed by atoms with E-state index in [9.17, 15) is 17.6 Å². The van der Waals surface area contributed by atoms with Crippen LogP contribution in [0.3, 0.4) is 0 Å². The van der Waals surface area contributed by atoms with Crippen molar-refractivity contribution < 1.29 is 27.0 Å². The van der Waals surface area contributed by atoms with Crippen LogP contribution in [0.4, 0.5) is 35.1 Å². The second-order valence-electron chi connectivity index (χ2n) is 7.61. The number of morpholine rings is 1. The lowest BCUT2D eigenvalue weighted by molar-refractivity contribution is -0.0495. The zero-order valence-electron chi connectivity index (χ0n) is 15.6. The van der Waals surface area contributed by atoms with Crippen LogP contribution >= 0.6 is 0 Å². The van der Waals surface area contributed by atoms with Crippen molar-refractivity contribution in [3.05, 3.63) is 18.3 Å². The Kier molecular flexibility index (Phi) is 4.34. The summed E-state index contributed by atoms with van der Waals surface area (Å²) in [6, 6.07) is 3.13. The van der Waals surface area contributed by atoms with Gasteiger partial charge in [-0.05, 0) is 12.5 Å². The summed E-state index contributed by atoms with van der Waals surface area (Å²) in [5.41, 5.74) is 6.32. The predicted octanol–water partition coefficient (Wildman–Crippen LogP) is 2.16. The van der Waals surface area contributed by atoms with Crippen molar-refractivity contribution in [2.24, 2.45) is 0 Å². The number of fused-ring (bicyclic) bond motifs is 2. The van der Waals surface area contributed by atoms with Gasteiger partial charge in [-0.25, -0.2) is 18.7 Å². The van der Waals surface area contributed by atoms with E-state index in [0.29, 0.717) is 30.2 Å². The molecule has 0 aromatic carbocycles. The van der Waals surface area contributed by atoms with Crippen LogP contribution in [0.25, 0.3) is 11.3 Å². The molecule has 30 heavy (non-hydrogen) atoms. The molecule has 160 valence electrons. The molecule has 3 saturated heterocycles. The van der Waals surface area contributed by atoms with Crippen molar-refractivity contribution in [2.75, 3.05) is 41.8 Å². The lowest BCUT2D eigenvalue weighted by Gasteiger charge is -2.39. The lowest BCUT2D eigenvalue weighted by atomic mass is 10.1. The van der Waals surface area contributed by atoms with E-state index in [2.05, 4.69) is 24.6 Å². The van der Waals surface area contributed by atoms with E-state index < -0.39 is 25.6 Å². The van der Waals surface area contributed by atoms with Crippen molar-refractivity contribution >= 4 is 17.6 Å². The number of nitrogens with two attached hydrogens (primary N) is 1. The fourth-order valence-corrected chi connectivity index (χ4v) is 3.98. The van der Waals surface area contributed by atoms with E-state index in [-0.39, 0.29) is 29.7 Å². The molecule has 0 amide bonds. The average Bonchev–Trinajstić information content (AvgIpc) is 3.30. The maximum Gasteiger partial charge on any atom is 0.387 e. The maximum absolute atomic E-state index is 13.4. The van der Waals surface area contributed by atoms with E-state index in [1.807, 2.05) is 0 Å². The van der Waals surface area contributed by atoms with Gasteiger partial charge in [0.15, 0.2) is 11.6 Å². The number of pyridine rings is 1. The Hall–Kier alpha value is -2.89. The second-order valence-corrected chi connectivity index (χ2v) is 7.61. The third-order valence-electron chi connectivity index (χ3n) is 5.42. The molecule has 3 fully saturated rings. The number of aromatic nitrogens is 3. The molecule has 3 aliphatic rings. The Morgan fingerprint density at radius 3 is 2.67 bits per heavy atom. The molecule has 12 heteroatoms. The number of anilines is 3. The fourth-order valence-electron chi connectivity index (χ4n) is 3.98. The minimum atomic E-state index is -3.07. The van der Waals surface area contributed by atoms with Gasteiger partial charge in [-0.1, -0.05) is 0 Å². The van der Waals surface area contributed by atoms with Crippen molar-refractivity contribution in [1.82, 2.24) is 15.0 Å². The first-order chi connectivity index (χ1) is 14.3. The van der Waals surface area contributed by atoms with E-state index in [0.717, 1.165) is 6.42 Å². The standard InChI is InChI=1S/C18H18F4N6O2/c19-16(20)30-13-1-9(4-24-15(13)23)12-3-14(28-5-11-2-10(28)6-29-11)26-17(25-12)27-7-18(21,22)8-27/h1,3-4,10-11,16H,2,5-8H2,(H2,23,24)/t10-,11-/m0/s1. The topological polar surface area (TPSA) is 89.6 Å². The molecule has 8 nitrogen and oxygen atoms in total. The number of nitrogens with zero attached hydrogens (tertiary/aromatic N) is 5. The van der Waals surface area contributed by atoms with Gasteiger partial charge in [0.05, 0.1) is 37.5 Å². The highest BCUT2D eigenvalue weighted by atomic mass is 19.3. The number of nitrogen functional groups attached to an aromatic ring is 1. The van der Waals surface area contributed by atoms with Crippen LogP contribution in [0.5, 0.6) is 5.75 Å². The summed E-state index contributed by atoms with van der Waals surface area (Å²) in [6.45, 7) is -2.83. The predicted molar refractivity (Wildman–Crippen MR) is 99.0 cm³/mol. The Bertz CT molecular complexity index is 970. The first kappa shape index (κ1) is 19.1. The average molecular weight is 426 g/mol. The molecular weight excluding hydrogens is 408 g/mol. The summed E-state index contributed by atoms with van der Waals surface area (Å²) in [6.07, 6.45) is 2.34. The minimum absolute atomic E-state index is 0.106. The van der Waals surface area contributed by atoms with Gasteiger partial charge in [-0.3, -0.25) is 0 Å². The van der Waals surface area contributed by atoms with E-state index in [1.54, 1.807) is 6.07 Å². The minimum Gasteiger partial charge on any atom is -0.431 e. The first-order valence-corrected chi connectivity index (χ1v) is 9.38. The molecule has 2 aromatic rings. The van der Waals surface area contributed by atoms with Gasteiger partial charge in [-0.2, -0.15) is 13.8 Å². The van der Waals surface area contributed by atoms with Gasteiger partial charge < -0.3 is 25.0 Å². The van der Waals surface area contributed by atoms with E-state index in [4.69, 9.17) is 10.5 Å². The summed E-state index contributed by atoms with van der Waals surface area (Å²) >= 11 is 0. The van der Waals surface area contributed by atoms with Gasteiger partial charge >= 0.3 is 6.61 Å². The highest BCUT2D eigenvalue weighted by molar-refractivity contribution is 5.68. The number of ether oxygens (including phenoxy) is 2. The monoisotopic (exact) mass is 426 g/mol. The molecule has 3 aliphatic heterocycles. The van der Waals surface area contributed by atoms with Gasteiger partial charge in [-0.15, -0.1) is 0 Å². The normalized spacial score (nSPS) is 24.4. The molecule has 2 N–H and O–H groups in total. The van der Waals surface area contributed by atoms with Crippen LogP contribution < -0.4 is 20.3 Å². The molecule has 0 aliphatic carbocycles. The number of rotatable bonds is 5. The summed E-state index contributed by atoms with van der Waals surface area (Å²) < 4.78 is 62.2. The van der Waals surface area contributed by atoms with Crippen LogP contribution in [0.15, 0.2) is 18.3 Å². The molecule has 0 spiro atoms. The quantitative estimate of drug-likeness (QED) is 0.728. The van der Waals surface area contributed by atoms with Gasteiger partial charge in [0, 0.05) is 24.4 Å². The summed E-state index contributed by atoms with van der Waals surface area (Å²) in [5.74, 6) is -2.56. The third kappa shape index (κ3) is 3.44. The number of alkyl halides is 4. The van der Waals surface area contributed by atoms with Crippen LogP contribution in [0.2, 0.25) is 0 Å². The van der Waals surface area contributed by atoms with Gasteiger partial charge in [0.1, 0.15) is 5.82 Å². The van der Waals surface area contributed by atoms with Gasteiger partial charge in [0.2, 0.25) is 5.95 Å². The van der Waals surface area contributed by atoms with E-state index in [1.165, 1.54) is 17.2 Å². The molecule has 2 atom stereocenters. The van der Waals surface area contributed by atoms with Crippen molar-refractivity contribution in [3.8, 4) is 17.0 Å². The molecule has 5 heterocycles. The summed E-state index contributed by atoms with van der Waals surface area (Å²) in [7, 11) is 0. The highest BCUT2D eigenvalue weighted by Gasteiger charge is 2.46. The molecular formula is C18H18F4N6O2. The second kappa shape index (κ2) is 6.83. The Morgan fingerprint density at radius 1 is 1.23 bits per heavy atom. The van der Waals surface area contributed by atoms with Crippen LogP contribution in [-0.2, 0) is 4.74 Å². The molecule has 0 radical (unpaired) electrons. The molecule has 5 rings (SSSR count). The SMILES string of the molecule is Nc1ncc(-c2cc(N3C[C@@H]4C[C@H]3CO4)nc(N3CC(F)(F)C3)n2)cc1OC(F)F. The smallest absolute Gasteiger partial charge is 0.387 e. The van der Waals surface area contributed by atoms with Crippen LogP contribution in [0, 0.1) is 0 Å². The number of hydrogen-bond acceptors (Lipinski definition) is 8. The van der Waals surface area contributed by atoms with Crippen LogP contribution in [-0.4, -0.2) is 65.9 Å². The van der Waals surface area contributed by atoms with Crippen molar-refractivity contribution in [2.45, 2.75) is 31.1 Å². The van der Waals surface area contributed by atoms with E-state index >= 15 is 0 Å². The van der Waals surface area contributed by atoms with Crippen molar-refractivity contribution in [1.29, 1.82) is 0 Å². The van der Waals surface area contributed by atoms with Crippen molar-refractivity contribution in [3.63, 3.8) is 0 Å². The van der Waals surface area contributed by atoms with Crippen LogP contribution in [0.1, 0.15) is 6.42 Å². The highest BCUT2D eigenvalue weighted by Crippen LogP contribution is 2.37. The lowest BCUT2D eigenvalue weighted by Crippen LogP contribution is -2.57.